The van der Waals surface area contributed by atoms with Gasteiger partial charge in [-0.2, -0.15) is 0 Å². The summed E-state index contributed by atoms with van der Waals surface area (Å²) in [6.07, 6.45) is 5.24. The van der Waals surface area contributed by atoms with Crippen LogP contribution >= 0.6 is 0 Å². The van der Waals surface area contributed by atoms with Crippen LogP contribution in [-0.2, 0) is 0 Å². The highest BCUT2D eigenvalue weighted by atomic mass is 16.2. The molecule has 2 saturated heterocycles. The van der Waals surface area contributed by atoms with Gasteiger partial charge in [-0.25, -0.2) is 4.98 Å². The Morgan fingerprint density at radius 1 is 1.07 bits per heavy atom. The van der Waals surface area contributed by atoms with Crippen LogP contribution < -0.4 is 0 Å². The first-order valence-corrected chi connectivity index (χ1v) is 11.0. The third-order valence-electron chi connectivity index (χ3n) is 7.11. The monoisotopic (exact) mass is 402 g/mol. The van der Waals surface area contributed by atoms with Crippen LogP contribution in [0.1, 0.15) is 46.9 Å². The number of hydrogen-bond donors (Lipinski definition) is 0. The number of aryl methyl sites for hydroxylation is 1. The zero-order valence-electron chi connectivity index (χ0n) is 17.9. The van der Waals surface area contributed by atoms with Crippen LogP contribution in [0.5, 0.6) is 0 Å². The largest absolute Gasteiger partial charge is 0.337 e. The summed E-state index contributed by atoms with van der Waals surface area (Å²) >= 11 is 0. The summed E-state index contributed by atoms with van der Waals surface area (Å²) in [6, 6.07) is 16.9. The molecular weight excluding hydrogens is 372 g/mol. The molecule has 5 rings (SSSR count). The number of rotatable bonds is 2. The van der Waals surface area contributed by atoms with Crippen molar-refractivity contribution in [1.82, 2.24) is 19.2 Å². The first kappa shape index (κ1) is 19.3. The zero-order valence-corrected chi connectivity index (χ0v) is 17.9. The van der Waals surface area contributed by atoms with Crippen LogP contribution in [0.4, 0.5) is 0 Å². The summed E-state index contributed by atoms with van der Waals surface area (Å²) in [5, 5.41) is 0. The summed E-state index contributed by atoms with van der Waals surface area (Å²) < 4.78 is 2.00. The van der Waals surface area contributed by atoms with Gasteiger partial charge in [0, 0.05) is 38.1 Å². The maximum Gasteiger partial charge on any atom is 0.274 e. The number of hydrogen-bond acceptors (Lipinski definition) is 3. The molecule has 1 atom stereocenters. The number of nitrogens with zero attached hydrogens (tertiary/aromatic N) is 4. The van der Waals surface area contributed by atoms with Crippen molar-refractivity contribution < 1.29 is 4.79 Å². The van der Waals surface area contributed by atoms with Gasteiger partial charge >= 0.3 is 0 Å². The molecule has 0 saturated carbocycles. The number of carbonyl (C=O) groups is 1. The number of likely N-dealkylation sites (tertiary alicyclic amines) is 2. The second kappa shape index (κ2) is 7.55. The van der Waals surface area contributed by atoms with E-state index in [2.05, 4.69) is 47.3 Å². The molecule has 2 aliphatic rings. The van der Waals surface area contributed by atoms with Crippen LogP contribution in [0.15, 0.2) is 54.7 Å². The van der Waals surface area contributed by atoms with Gasteiger partial charge in [0.25, 0.3) is 5.91 Å². The normalized spacial score (nSPS) is 21.9. The Hall–Kier alpha value is -2.66. The minimum atomic E-state index is 0.0664. The molecule has 0 unspecified atom stereocenters. The van der Waals surface area contributed by atoms with Gasteiger partial charge in [-0.1, -0.05) is 36.4 Å². The summed E-state index contributed by atoms with van der Waals surface area (Å²) in [7, 11) is 2.24. The topological polar surface area (TPSA) is 40.9 Å². The number of amides is 1. The third-order valence-corrected chi connectivity index (χ3v) is 7.11. The van der Waals surface area contributed by atoms with Gasteiger partial charge < -0.3 is 14.2 Å². The molecule has 3 aromatic rings. The Kier molecular flexibility index (Phi) is 4.86. The second-order valence-corrected chi connectivity index (χ2v) is 9.32. The van der Waals surface area contributed by atoms with Crippen molar-refractivity contribution in [2.45, 2.75) is 32.1 Å². The van der Waals surface area contributed by atoms with Crippen LogP contribution in [0.2, 0.25) is 0 Å². The molecule has 4 heterocycles. The molecule has 0 aliphatic carbocycles. The van der Waals surface area contributed by atoms with E-state index in [1.165, 1.54) is 12.0 Å². The molecule has 0 N–H and O–H groups in total. The van der Waals surface area contributed by atoms with E-state index in [9.17, 15) is 4.79 Å². The van der Waals surface area contributed by atoms with E-state index in [-0.39, 0.29) is 5.91 Å². The van der Waals surface area contributed by atoms with E-state index in [0.29, 0.717) is 17.0 Å². The van der Waals surface area contributed by atoms with Crippen molar-refractivity contribution in [1.29, 1.82) is 0 Å². The van der Waals surface area contributed by atoms with Crippen molar-refractivity contribution in [2.75, 3.05) is 33.2 Å². The van der Waals surface area contributed by atoms with Gasteiger partial charge in [-0.05, 0) is 62.3 Å². The summed E-state index contributed by atoms with van der Waals surface area (Å²) in [4.78, 5) is 22.2. The van der Waals surface area contributed by atoms with Crippen molar-refractivity contribution >= 4 is 11.6 Å². The molecule has 2 aromatic heterocycles. The Labute approximate surface area is 178 Å². The van der Waals surface area contributed by atoms with Gasteiger partial charge in [-0.3, -0.25) is 4.79 Å². The summed E-state index contributed by atoms with van der Waals surface area (Å²) in [5.74, 6) is 0.644. The fourth-order valence-corrected chi connectivity index (χ4v) is 5.57. The lowest BCUT2D eigenvalue weighted by Crippen LogP contribution is -2.51. The Morgan fingerprint density at radius 3 is 2.57 bits per heavy atom. The standard InChI is InChI=1S/C25H30N4O/c1-19-7-6-10-23-26-22(17-29(19)23)24(30)28-13-11-25(12-14-28)15-21(16-27(2)18-25)20-8-4-3-5-9-20/h3-10,17,21H,11-16,18H2,1-2H3/t21-/m0/s1. The number of likely N-dealkylation sites (N-methyl/N-ethyl adjacent to an activating group) is 1. The number of imidazole rings is 1. The molecule has 2 fully saturated rings. The van der Waals surface area contributed by atoms with Gasteiger partial charge in [0.15, 0.2) is 0 Å². The number of benzene rings is 1. The maximum atomic E-state index is 13.1. The maximum absolute atomic E-state index is 13.1. The lowest BCUT2D eigenvalue weighted by Gasteiger charge is -2.49. The quantitative estimate of drug-likeness (QED) is 0.651. The van der Waals surface area contributed by atoms with Gasteiger partial charge in [0.2, 0.25) is 0 Å². The molecule has 156 valence electrons. The summed E-state index contributed by atoms with van der Waals surface area (Å²) in [6.45, 7) is 5.93. The van der Waals surface area contributed by atoms with Crippen molar-refractivity contribution in [2.24, 2.45) is 5.41 Å². The van der Waals surface area contributed by atoms with E-state index in [1.807, 2.05) is 40.6 Å². The molecule has 0 radical (unpaired) electrons. The Bertz CT molecular complexity index is 1050. The van der Waals surface area contributed by atoms with Crippen LogP contribution in [-0.4, -0.2) is 58.3 Å². The number of piperidine rings is 2. The molecule has 30 heavy (non-hydrogen) atoms. The second-order valence-electron chi connectivity index (χ2n) is 9.32. The molecule has 5 nitrogen and oxygen atoms in total. The van der Waals surface area contributed by atoms with Crippen molar-refractivity contribution in [3.05, 3.63) is 71.7 Å². The lowest BCUT2D eigenvalue weighted by atomic mass is 9.68. The first-order valence-electron chi connectivity index (χ1n) is 11.0. The van der Waals surface area contributed by atoms with Crippen LogP contribution in [0.25, 0.3) is 5.65 Å². The number of fused-ring (bicyclic) bond motifs is 1. The third kappa shape index (κ3) is 3.52. The van der Waals surface area contributed by atoms with Crippen molar-refractivity contribution in [3.63, 3.8) is 0 Å². The van der Waals surface area contributed by atoms with E-state index in [4.69, 9.17) is 0 Å². The van der Waals surface area contributed by atoms with Crippen LogP contribution in [0.3, 0.4) is 0 Å². The van der Waals surface area contributed by atoms with Gasteiger partial charge in [0.1, 0.15) is 11.3 Å². The molecule has 1 amide bonds. The highest BCUT2D eigenvalue weighted by molar-refractivity contribution is 5.93. The SMILES string of the molecule is Cc1cccc2nc(C(=O)N3CCC4(CC3)C[C@H](c3ccccc3)CN(C)C4)cn12. The van der Waals surface area contributed by atoms with Gasteiger partial charge in [0.05, 0.1) is 0 Å². The molecule has 0 bridgehead atoms. The van der Waals surface area contributed by atoms with E-state index in [1.54, 1.807) is 0 Å². The predicted molar refractivity (Wildman–Crippen MR) is 119 cm³/mol. The predicted octanol–water partition coefficient (Wildman–Crippen LogP) is 3.98. The number of pyridine rings is 1. The highest BCUT2D eigenvalue weighted by Gasteiger charge is 2.42. The molecule has 5 heteroatoms. The fourth-order valence-electron chi connectivity index (χ4n) is 5.57. The fraction of sp³-hybridized carbons (Fsp3) is 0.440. The minimum Gasteiger partial charge on any atom is -0.337 e. The Morgan fingerprint density at radius 2 is 1.83 bits per heavy atom. The summed E-state index contributed by atoms with van der Waals surface area (Å²) in [5.41, 5.74) is 4.24. The van der Waals surface area contributed by atoms with E-state index in [0.717, 1.165) is 50.4 Å². The van der Waals surface area contributed by atoms with Crippen molar-refractivity contribution in [3.8, 4) is 0 Å². The highest BCUT2D eigenvalue weighted by Crippen LogP contribution is 2.44. The molecule has 2 aliphatic heterocycles. The van der Waals surface area contributed by atoms with E-state index >= 15 is 0 Å². The minimum absolute atomic E-state index is 0.0664. The number of aromatic nitrogens is 2. The lowest BCUT2D eigenvalue weighted by molar-refractivity contribution is 0.0222. The number of carbonyl (C=O) groups excluding carboxylic acids is 1. The molecule has 1 spiro atoms. The average molecular weight is 403 g/mol. The van der Waals surface area contributed by atoms with Gasteiger partial charge in [-0.15, -0.1) is 0 Å². The van der Waals surface area contributed by atoms with E-state index < -0.39 is 0 Å². The zero-order chi connectivity index (χ0) is 20.7. The first-order chi connectivity index (χ1) is 14.5. The molecule has 1 aromatic carbocycles. The molecular formula is C25H30N4O. The Balaban J connectivity index is 1.30. The average Bonchev–Trinajstić information content (AvgIpc) is 3.20. The smallest absolute Gasteiger partial charge is 0.274 e. The van der Waals surface area contributed by atoms with Crippen LogP contribution in [0, 0.1) is 12.3 Å².